The molecule has 0 unspecified atom stereocenters. The number of ether oxygens (including phenoxy) is 2. The molecule has 3 rings (SSSR count). The number of hydrogen-bond acceptors (Lipinski definition) is 4. The second-order valence-electron chi connectivity index (χ2n) is 6.43. The number of carbonyl (C=O) groups excluding carboxylic acids is 1. The van der Waals surface area contributed by atoms with Gasteiger partial charge in [-0.1, -0.05) is 26.0 Å². The van der Waals surface area contributed by atoms with Crippen molar-refractivity contribution < 1.29 is 14.3 Å². The lowest BCUT2D eigenvalue weighted by Crippen LogP contribution is -2.17. The SMILES string of the molecule is COCC(=O)Nc1n[nH]c2cc(-c3cc(C(C)C)ccc3OC)ccc12. The van der Waals surface area contributed by atoms with Crippen molar-refractivity contribution >= 4 is 22.6 Å². The van der Waals surface area contributed by atoms with Crippen LogP contribution in [0.15, 0.2) is 36.4 Å². The normalized spacial score (nSPS) is 11.1. The maximum absolute atomic E-state index is 11.7. The van der Waals surface area contributed by atoms with Gasteiger partial charge in [0, 0.05) is 18.1 Å². The summed E-state index contributed by atoms with van der Waals surface area (Å²) in [5, 5.41) is 10.8. The molecule has 0 atom stereocenters. The van der Waals surface area contributed by atoms with Crippen LogP contribution in [0.4, 0.5) is 5.82 Å². The first kappa shape index (κ1) is 17.9. The highest BCUT2D eigenvalue weighted by Crippen LogP contribution is 2.35. The van der Waals surface area contributed by atoms with Crippen molar-refractivity contribution in [3.8, 4) is 16.9 Å². The Morgan fingerprint density at radius 3 is 2.69 bits per heavy atom. The minimum absolute atomic E-state index is 0.00830. The molecule has 0 saturated carbocycles. The summed E-state index contributed by atoms with van der Waals surface area (Å²) in [7, 11) is 3.15. The summed E-state index contributed by atoms with van der Waals surface area (Å²) >= 11 is 0. The van der Waals surface area contributed by atoms with Crippen LogP contribution in [0.1, 0.15) is 25.3 Å². The van der Waals surface area contributed by atoms with Crippen LogP contribution >= 0.6 is 0 Å². The Balaban J connectivity index is 2.00. The molecule has 0 saturated heterocycles. The number of nitrogens with zero attached hydrogens (tertiary/aromatic N) is 1. The molecule has 26 heavy (non-hydrogen) atoms. The third-order valence-corrected chi connectivity index (χ3v) is 4.30. The molecule has 1 heterocycles. The Labute approximate surface area is 152 Å². The summed E-state index contributed by atoms with van der Waals surface area (Å²) in [6.07, 6.45) is 0. The van der Waals surface area contributed by atoms with Gasteiger partial charge in [-0.3, -0.25) is 9.89 Å². The summed E-state index contributed by atoms with van der Waals surface area (Å²) < 4.78 is 10.4. The highest BCUT2D eigenvalue weighted by atomic mass is 16.5. The Hall–Kier alpha value is -2.86. The molecule has 0 spiro atoms. The topological polar surface area (TPSA) is 76.2 Å². The van der Waals surface area contributed by atoms with Gasteiger partial charge in [-0.25, -0.2) is 0 Å². The van der Waals surface area contributed by atoms with Gasteiger partial charge in [-0.15, -0.1) is 0 Å². The summed E-state index contributed by atoms with van der Waals surface area (Å²) in [6.45, 7) is 4.32. The number of aromatic nitrogens is 2. The van der Waals surface area contributed by atoms with Gasteiger partial charge in [0.05, 0.1) is 12.6 Å². The first-order valence-electron chi connectivity index (χ1n) is 8.48. The Morgan fingerprint density at radius 1 is 1.19 bits per heavy atom. The molecule has 136 valence electrons. The van der Waals surface area contributed by atoms with Gasteiger partial charge in [0.25, 0.3) is 5.91 Å². The van der Waals surface area contributed by atoms with Crippen LogP contribution in [0, 0.1) is 0 Å². The van der Waals surface area contributed by atoms with E-state index in [1.807, 2.05) is 24.3 Å². The molecule has 0 aliphatic heterocycles. The predicted molar refractivity (Wildman–Crippen MR) is 103 cm³/mol. The van der Waals surface area contributed by atoms with E-state index in [1.165, 1.54) is 12.7 Å². The number of nitrogens with one attached hydrogen (secondary N) is 2. The van der Waals surface area contributed by atoms with E-state index in [2.05, 4.69) is 41.5 Å². The van der Waals surface area contributed by atoms with Gasteiger partial charge in [0.15, 0.2) is 5.82 Å². The molecule has 0 fully saturated rings. The lowest BCUT2D eigenvalue weighted by Gasteiger charge is -2.13. The van der Waals surface area contributed by atoms with Crippen molar-refractivity contribution in [1.82, 2.24) is 10.2 Å². The zero-order chi connectivity index (χ0) is 18.7. The number of carbonyl (C=O) groups is 1. The van der Waals surface area contributed by atoms with Crippen LogP contribution in [0.25, 0.3) is 22.0 Å². The van der Waals surface area contributed by atoms with E-state index in [9.17, 15) is 4.79 Å². The smallest absolute Gasteiger partial charge is 0.251 e. The Morgan fingerprint density at radius 2 is 2.00 bits per heavy atom. The Kier molecular flexibility index (Phi) is 5.23. The first-order chi connectivity index (χ1) is 12.5. The monoisotopic (exact) mass is 353 g/mol. The third kappa shape index (κ3) is 3.55. The highest BCUT2D eigenvalue weighted by Gasteiger charge is 2.13. The van der Waals surface area contributed by atoms with E-state index in [0.29, 0.717) is 11.7 Å². The van der Waals surface area contributed by atoms with Crippen LogP contribution in [0.3, 0.4) is 0 Å². The number of fused-ring (bicyclic) bond motifs is 1. The third-order valence-electron chi connectivity index (χ3n) is 4.30. The molecule has 0 aliphatic carbocycles. The van der Waals surface area contributed by atoms with Crippen molar-refractivity contribution in [2.45, 2.75) is 19.8 Å². The summed E-state index contributed by atoms with van der Waals surface area (Å²) in [5.74, 6) is 1.51. The predicted octanol–water partition coefficient (Wildman–Crippen LogP) is 3.95. The van der Waals surface area contributed by atoms with E-state index in [1.54, 1.807) is 7.11 Å². The molecule has 2 aromatic carbocycles. The van der Waals surface area contributed by atoms with Gasteiger partial charge >= 0.3 is 0 Å². The maximum atomic E-state index is 11.7. The molecule has 0 bridgehead atoms. The molecule has 6 nitrogen and oxygen atoms in total. The number of aromatic amines is 1. The fourth-order valence-electron chi connectivity index (χ4n) is 2.89. The molecule has 6 heteroatoms. The molecular weight excluding hydrogens is 330 g/mol. The van der Waals surface area contributed by atoms with E-state index in [0.717, 1.165) is 27.8 Å². The standard InChI is InChI=1S/C20H23N3O3/c1-12(2)13-6-8-18(26-4)16(9-13)14-5-7-15-17(10-14)22-23-20(15)21-19(24)11-25-3/h5-10,12H,11H2,1-4H3,(H2,21,22,23,24). The second-order valence-corrected chi connectivity index (χ2v) is 6.43. The molecule has 1 aromatic heterocycles. The average Bonchev–Trinajstić information content (AvgIpc) is 3.03. The van der Waals surface area contributed by atoms with Gasteiger partial charge in [0.1, 0.15) is 12.4 Å². The fraction of sp³-hybridized carbons (Fsp3) is 0.300. The molecule has 1 amide bonds. The molecule has 2 N–H and O–H groups in total. The van der Waals surface area contributed by atoms with Crippen LogP contribution in [0.2, 0.25) is 0 Å². The summed E-state index contributed by atoms with van der Waals surface area (Å²) in [6, 6.07) is 12.2. The quantitative estimate of drug-likeness (QED) is 0.703. The van der Waals surface area contributed by atoms with Crippen molar-refractivity contribution in [2.24, 2.45) is 0 Å². The van der Waals surface area contributed by atoms with Crippen LogP contribution in [-0.2, 0) is 9.53 Å². The average molecular weight is 353 g/mol. The minimum atomic E-state index is -0.240. The fourth-order valence-corrected chi connectivity index (χ4v) is 2.89. The van der Waals surface area contributed by atoms with Gasteiger partial charge in [0.2, 0.25) is 0 Å². The number of hydrogen-bond donors (Lipinski definition) is 2. The number of H-pyrrole nitrogens is 1. The second kappa shape index (κ2) is 7.58. The minimum Gasteiger partial charge on any atom is -0.496 e. The van der Waals surface area contributed by atoms with Crippen molar-refractivity contribution in [2.75, 3.05) is 26.1 Å². The lowest BCUT2D eigenvalue weighted by molar-refractivity contribution is -0.119. The van der Waals surface area contributed by atoms with Gasteiger partial charge in [-0.2, -0.15) is 5.10 Å². The molecular formula is C20H23N3O3. The van der Waals surface area contributed by atoms with Crippen molar-refractivity contribution in [1.29, 1.82) is 0 Å². The highest BCUT2D eigenvalue weighted by molar-refractivity contribution is 6.01. The van der Waals surface area contributed by atoms with E-state index < -0.39 is 0 Å². The molecule has 0 radical (unpaired) electrons. The zero-order valence-electron chi connectivity index (χ0n) is 15.4. The Bertz CT molecular complexity index is 931. The van der Waals surface area contributed by atoms with E-state index in [4.69, 9.17) is 9.47 Å². The van der Waals surface area contributed by atoms with Gasteiger partial charge in [-0.05, 0) is 41.3 Å². The molecule has 0 aliphatic rings. The van der Waals surface area contributed by atoms with Crippen LogP contribution in [-0.4, -0.2) is 36.9 Å². The zero-order valence-corrected chi connectivity index (χ0v) is 15.4. The van der Waals surface area contributed by atoms with Crippen LogP contribution in [0.5, 0.6) is 5.75 Å². The number of benzene rings is 2. The van der Waals surface area contributed by atoms with E-state index >= 15 is 0 Å². The summed E-state index contributed by atoms with van der Waals surface area (Å²) in [5.41, 5.74) is 4.14. The maximum Gasteiger partial charge on any atom is 0.251 e. The first-order valence-corrected chi connectivity index (χ1v) is 8.48. The number of anilines is 1. The number of methoxy groups -OCH3 is 2. The van der Waals surface area contributed by atoms with Crippen LogP contribution < -0.4 is 10.1 Å². The number of rotatable bonds is 6. The molecule has 3 aromatic rings. The van der Waals surface area contributed by atoms with Crippen molar-refractivity contribution in [3.63, 3.8) is 0 Å². The lowest BCUT2D eigenvalue weighted by atomic mass is 9.96. The largest absolute Gasteiger partial charge is 0.496 e. The van der Waals surface area contributed by atoms with Gasteiger partial charge < -0.3 is 14.8 Å². The van der Waals surface area contributed by atoms with E-state index in [-0.39, 0.29) is 12.5 Å². The summed E-state index contributed by atoms with van der Waals surface area (Å²) in [4.78, 5) is 11.7. The van der Waals surface area contributed by atoms with Crippen molar-refractivity contribution in [3.05, 3.63) is 42.0 Å². The number of amides is 1.